The molecule has 2 N–H and O–H groups in total. The van der Waals surface area contributed by atoms with Crippen LogP contribution in [0.15, 0.2) is 47.4 Å². The molecule has 0 radical (unpaired) electrons. The Bertz CT molecular complexity index is 885. The number of nitro benzene ring substituents is 1. The van der Waals surface area contributed by atoms with E-state index in [1.54, 1.807) is 24.3 Å². The minimum Gasteiger partial charge on any atom is -0.508 e. The highest BCUT2D eigenvalue weighted by Crippen LogP contribution is 2.48. The number of fused-ring (bicyclic) bond motifs is 1. The van der Waals surface area contributed by atoms with Gasteiger partial charge in [-0.1, -0.05) is 12.1 Å². The molecule has 1 unspecified atom stereocenters. The first-order valence-corrected chi connectivity index (χ1v) is 8.02. The number of rotatable bonds is 4. The van der Waals surface area contributed by atoms with Crippen LogP contribution in [0.5, 0.6) is 5.75 Å². The van der Waals surface area contributed by atoms with Crippen LogP contribution in [0.25, 0.3) is 0 Å². The average Bonchev–Trinajstić information content (AvgIpc) is 2.57. The van der Waals surface area contributed by atoms with E-state index in [0.717, 1.165) is 34.9 Å². The molecule has 8 nitrogen and oxygen atoms in total. The maximum absolute atomic E-state index is 12.8. The molecule has 0 saturated carbocycles. The number of carbonyl (C=O) groups is 2. The molecule has 9 heteroatoms. The molecule has 2 aromatic rings. The SMILES string of the molecule is O=C(O)CN1C(=O)C(c2cc([N+](=O)[O-])ccc2O)Sc2ccccc21. The lowest BCUT2D eigenvalue weighted by Crippen LogP contribution is -2.40. The number of aliphatic carboxylic acids is 1. The van der Waals surface area contributed by atoms with Gasteiger partial charge in [-0.05, 0) is 18.2 Å². The first-order valence-electron chi connectivity index (χ1n) is 7.14. The van der Waals surface area contributed by atoms with Crippen molar-refractivity contribution in [2.24, 2.45) is 0 Å². The third kappa shape index (κ3) is 3.13. The minimum absolute atomic E-state index is 0.0779. The largest absolute Gasteiger partial charge is 0.508 e. The highest BCUT2D eigenvalue weighted by Gasteiger charge is 2.37. The molecule has 0 aliphatic carbocycles. The molecule has 128 valence electrons. The second kappa shape index (κ2) is 6.44. The number of nitrogens with zero attached hydrogens (tertiary/aromatic N) is 2. The molecular weight excluding hydrogens is 348 g/mol. The van der Waals surface area contributed by atoms with Gasteiger partial charge in [-0.25, -0.2) is 0 Å². The quantitative estimate of drug-likeness (QED) is 0.635. The van der Waals surface area contributed by atoms with Gasteiger partial charge in [0.05, 0.1) is 10.6 Å². The standard InChI is InChI=1S/C16H12N2O6S/c19-12-6-5-9(18(23)24)7-10(12)15-16(22)17(8-14(20)21)11-3-1-2-4-13(11)25-15/h1-7,15,19H,8H2,(H,20,21). The van der Waals surface area contributed by atoms with Gasteiger partial charge in [-0.2, -0.15) is 0 Å². The number of benzene rings is 2. The van der Waals surface area contributed by atoms with E-state index in [4.69, 9.17) is 5.11 Å². The fourth-order valence-electron chi connectivity index (χ4n) is 2.58. The molecular formula is C16H12N2O6S. The van der Waals surface area contributed by atoms with Crippen molar-refractivity contribution >= 4 is 35.0 Å². The summed E-state index contributed by atoms with van der Waals surface area (Å²) in [6.07, 6.45) is 0. The molecule has 25 heavy (non-hydrogen) atoms. The normalized spacial score (nSPS) is 16.4. The summed E-state index contributed by atoms with van der Waals surface area (Å²) in [6.45, 7) is -0.539. The van der Waals surface area contributed by atoms with Gasteiger partial charge in [0.1, 0.15) is 17.5 Å². The van der Waals surface area contributed by atoms with Crippen LogP contribution in [0.1, 0.15) is 10.8 Å². The van der Waals surface area contributed by atoms with Gasteiger partial charge in [0.2, 0.25) is 5.91 Å². The Morgan fingerprint density at radius 3 is 2.68 bits per heavy atom. The lowest BCUT2D eigenvalue weighted by Gasteiger charge is -2.32. The van der Waals surface area contributed by atoms with Gasteiger partial charge in [-0.15, -0.1) is 11.8 Å². The number of hydrogen-bond donors (Lipinski definition) is 2. The summed E-state index contributed by atoms with van der Waals surface area (Å²) in [7, 11) is 0. The molecule has 3 rings (SSSR count). The van der Waals surface area contributed by atoms with Gasteiger partial charge in [0.25, 0.3) is 5.69 Å². The first kappa shape index (κ1) is 16.8. The Kier molecular flexibility index (Phi) is 4.32. The summed E-state index contributed by atoms with van der Waals surface area (Å²) in [6, 6.07) is 10.2. The zero-order chi connectivity index (χ0) is 18.1. The number of para-hydroxylation sites is 1. The molecule has 0 spiro atoms. The fourth-order valence-corrected chi connectivity index (χ4v) is 3.83. The van der Waals surface area contributed by atoms with Crippen molar-refractivity contribution in [1.29, 1.82) is 0 Å². The Balaban J connectivity index is 2.09. The average molecular weight is 360 g/mol. The predicted octanol–water partition coefficient (Wildman–Crippen LogP) is 2.57. The molecule has 0 fully saturated rings. The minimum atomic E-state index is -1.18. The highest BCUT2D eigenvalue weighted by atomic mass is 32.2. The predicted molar refractivity (Wildman–Crippen MR) is 89.8 cm³/mol. The van der Waals surface area contributed by atoms with Crippen LogP contribution >= 0.6 is 11.8 Å². The lowest BCUT2D eigenvalue weighted by molar-refractivity contribution is -0.384. The number of phenols is 1. The zero-order valence-electron chi connectivity index (χ0n) is 12.7. The van der Waals surface area contributed by atoms with Crippen LogP contribution in [0.4, 0.5) is 11.4 Å². The van der Waals surface area contributed by atoms with E-state index in [1.165, 1.54) is 0 Å². The molecule has 0 aromatic heterocycles. The van der Waals surface area contributed by atoms with Crippen molar-refractivity contribution in [3.63, 3.8) is 0 Å². The van der Waals surface area contributed by atoms with Crippen LogP contribution in [0.2, 0.25) is 0 Å². The van der Waals surface area contributed by atoms with E-state index in [1.807, 2.05) is 0 Å². The van der Waals surface area contributed by atoms with Crippen LogP contribution in [-0.2, 0) is 9.59 Å². The van der Waals surface area contributed by atoms with Crippen molar-refractivity contribution in [2.75, 3.05) is 11.4 Å². The van der Waals surface area contributed by atoms with E-state index in [0.29, 0.717) is 10.6 Å². The number of non-ortho nitro benzene ring substituents is 1. The number of carboxylic acids is 1. The Morgan fingerprint density at radius 1 is 1.28 bits per heavy atom. The van der Waals surface area contributed by atoms with Gasteiger partial charge in [0, 0.05) is 22.6 Å². The maximum Gasteiger partial charge on any atom is 0.323 e. The van der Waals surface area contributed by atoms with E-state index in [-0.39, 0.29) is 17.0 Å². The van der Waals surface area contributed by atoms with E-state index >= 15 is 0 Å². The molecule has 1 aliphatic rings. The monoisotopic (exact) mass is 360 g/mol. The summed E-state index contributed by atoms with van der Waals surface area (Å²) in [5.74, 6) is -2.00. The van der Waals surface area contributed by atoms with E-state index < -0.39 is 28.6 Å². The number of phenolic OH excluding ortho intramolecular Hbond substituents is 1. The maximum atomic E-state index is 12.8. The molecule has 1 atom stereocenters. The summed E-state index contributed by atoms with van der Waals surface area (Å²) >= 11 is 1.12. The van der Waals surface area contributed by atoms with Crippen molar-refractivity contribution in [1.82, 2.24) is 0 Å². The third-order valence-electron chi connectivity index (χ3n) is 3.69. The number of aromatic hydroxyl groups is 1. The highest BCUT2D eigenvalue weighted by molar-refractivity contribution is 8.00. The number of anilines is 1. The number of carbonyl (C=O) groups excluding carboxylic acids is 1. The van der Waals surface area contributed by atoms with Crippen LogP contribution < -0.4 is 4.90 Å². The summed E-state index contributed by atoms with van der Waals surface area (Å²) in [5.41, 5.74) is 0.278. The second-order valence-electron chi connectivity index (χ2n) is 5.28. The number of thioether (sulfide) groups is 1. The molecule has 1 heterocycles. The van der Waals surface area contributed by atoms with Crippen LogP contribution in [0.3, 0.4) is 0 Å². The second-order valence-corrected chi connectivity index (χ2v) is 6.43. The molecule has 2 aromatic carbocycles. The topological polar surface area (TPSA) is 121 Å². The zero-order valence-corrected chi connectivity index (χ0v) is 13.5. The number of carboxylic acid groups (broad SMARTS) is 1. The number of amides is 1. The molecule has 1 aliphatic heterocycles. The molecule has 1 amide bonds. The van der Waals surface area contributed by atoms with Gasteiger partial charge < -0.3 is 10.2 Å². The third-order valence-corrected chi connectivity index (χ3v) is 4.98. The molecule has 0 bridgehead atoms. The molecule has 0 saturated heterocycles. The van der Waals surface area contributed by atoms with Gasteiger partial charge in [0.15, 0.2) is 0 Å². The number of hydrogen-bond acceptors (Lipinski definition) is 6. The van der Waals surface area contributed by atoms with Gasteiger partial charge in [-0.3, -0.25) is 24.6 Å². The van der Waals surface area contributed by atoms with E-state index in [2.05, 4.69) is 0 Å². The smallest absolute Gasteiger partial charge is 0.323 e. The Morgan fingerprint density at radius 2 is 2.00 bits per heavy atom. The number of nitro groups is 1. The first-order chi connectivity index (χ1) is 11.9. The van der Waals surface area contributed by atoms with Crippen molar-refractivity contribution < 1.29 is 24.7 Å². The van der Waals surface area contributed by atoms with Crippen LogP contribution in [0, 0.1) is 10.1 Å². The Hall–Kier alpha value is -3.07. The fraction of sp³-hybridized carbons (Fsp3) is 0.125. The lowest BCUT2D eigenvalue weighted by atomic mass is 10.1. The van der Waals surface area contributed by atoms with Crippen molar-refractivity contribution in [2.45, 2.75) is 10.1 Å². The van der Waals surface area contributed by atoms with E-state index in [9.17, 15) is 24.8 Å². The van der Waals surface area contributed by atoms with Crippen molar-refractivity contribution in [3.8, 4) is 5.75 Å². The van der Waals surface area contributed by atoms with Crippen molar-refractivity contribution in [3.05, 3.63) is 58.1 Å². The van der Waals surface area contributed by atoms with Gasteiger partial charge >= 0.3 is 5.97 Å². The van der Waals surface area contributed by atoms with Crippen LogP contribution in [-0.4, -0.2) is 33.6 Å². The Labute approximate surface area is 145 Å². The summed E-state index contributed by atoms with van der Waals surface area (Å²) in [4.78, 5) is 36.1. The summed E-state index contributed by atoms with van der Waals surface area (Å²) < 4.78 is 0. The summed E-state index contributed by atoms with van der Waals surface area (Å²) in [5, 5.41) is 29.2.